The normalized spacial score (nSPS) is 29.2. The van der Waals surface area contributed by atoms with E-state index in [1.54, 1.807) is 0 Å². The summed E-state index contributed by atoms with van der Waals surface area (Å²) in [5.41, 5.74) is 0. The molecule has 0 amide bonds. The van der Waals surface area contributed by atoms with Gasteiger partial charge in [-0.2, -0.15) is 0 Å². The monoisotopic (exact) mass is 182 g/mol. The Balaban J connectivity index is 2.26. The van der Waals surface area contributed by atoms with E-state index in [4.69, 9.17) is 0 Å². The molecule has 1 aliphatic carbocycles. The van der Waals surface area contributed by atoms with E-state index >= 15 is 0 Å². The second-order valence-corrected chi connectivity index (χ2v) is 4.95. The first kappa shape index (κ1) is 10.7. The first-order valence-electron chi connectivity index (χ1n) is 5.62. The van der Waals surface area contributed by atoms with Crippen LogP contribution in [0.3, 0.4) is 0 Å². The van der Waals surface area contributed by atoms with Gasteiger partial charge in [-0.05, 0) is 24.7 Å². The summed E-state index contributed by atoms with van der Waals surface area (Å²) in [5, 5.41) is 0. The maximum absolute atomic E-state index is 11.5. The van der Waals surface area contributed by atoms with E-state index in [9.17, 15) is 4.79 Å². The molecule has 1 fully saturated rings. The minimum Gasteiger partial charge on any atom is -0.299 e. The molecule has 0 spiro atoms. The Morgan fingerprint density at radius 3 is 2.23 bits per heavy atom. The molecule has 1 saturated carbocycles. The number of ketones is 1. The summed E-state index contributed by atoms with van der Waals surface area (Å²) in [4.78, 5) is 11.5. The molecule has 0 aliphatic heterocycles. The molecule has 0 aromatic rings. The van der Waals surface area contributed by atoms with Crippen LogP contribution in [0.15, 0.2) is 0 Å². The topological polar surface area (TPSA) is 17.1 Å². The van der Waals surface area contributed by atoms with Crippen LogP contribution in [-0.4, -0.2) is 5.78 Å². The molecule has 0 radical (unpaired) electrons. The average Bonchev–Trinajstić information content (AvgIpc) is 2.08. The lowest BCUT2D eigenvalue weighted by Gasteiger charge is -2.25. The lowest BCUT2D eigenvalue weighted by molar-refractivity contribution is -0.123. The fourth-order valence-electron chi connectivity index (χ4n) is 2.05. The number of hydrogen-bond donors (Lipinski definition) is 0. The fraction of sp³-hybridized carbons (Fsp3) is 0.917. The number of hydrogen-bond acceptors (Lipinski definition) is 1. The highest BCUT2D eigenvalue weighted by Crippen LogP contribution is 2.30. The summed E-state index contributed by atoms with van der Waals surface area (Å²) < 4.78 is 0. The van der Waals surface area contributed by atoms with Gasteiger partial charge in [-0.1, -0.05) is 33.6 Å². The number of carbonyl (C=O) groups excluding carboxylic acids is 1. The van der Waals surface area contributed by atoms with E-state index in [2.05, 4.69) is 6.92 Å². The molecular formula is C12H22O. The third kappa shape index (κ3) is 3.50. The van der Waals surface area contributed by atoms with Crippen molar-refractivity contribution in [1.82, 2.24) is 0 Å². The minimum atomic E-state index is 0.236. The van der Waals surface area contributed by atoms with E-state index in [-0.39, 0.29) is 5.92 Å². The van der Waals surface area contributed by atoms with Crippen LogP contribution in [0.4, 0.5) is 0 Å². The van der Waals surface area contributed by atoms with E-state index in [1.165, 1.54) is 25.7 Å². The minimum absolute atomic E-state index is 0.236. The average molecular weight is 182 g/mol. The summed E-state index contributed by atoms with van der Waals surface area (Å²) in [6, 6.07) is 0. The zero-order chi connectivity index (χ0) is 9.84. The molecule has 76 valence electrons. The molecule has 0 saturated heterocycles. The first-order valence-corrected chi connectivity index (χ1v) is 5.62. The smallest absolute Gasteiger partial charge is 0.135 e. The molecule has 0 bridgehead atoms. The van der Waals surface area contributed by atoms with Gasteiger partial charge >= 0.3 is 0 Å². The number of carbonyl (C=O) groups is 1. The molecular weight excluding hydrogens is 160 g/mol. The molecule has 1 rings (SSSR count). The fourth-order valence-corrected chi connectivity index (χ4v) is 2.05. The van der Waals surface area contributed by atoms with Crippen molar-refractivity contribution in [1.29, 1.82) is 0 Å². The van der Waals surface area contributed by atoms with Gasteiger partial charge in [0.1, 0.15) is 5.78 Å². The van der Waals surface area contributed by atoms with Crippen LogP contribution in [0.1, 0.15) is 52.9 Å². The summed E-state index contributed by atoms with van der Waals surface area (Å²) >= 11 is 0. The summed E-state index contributed by atoms with van der Waals surface area (Å²) in [6.07, 6.45) is 6.05. The van der Waals surface area contributed by atoms with Crippen LogP contribution in [0.25, 0.3) is 0 Å². The third-order valence-corrected chi connectivity index (χ3v) is 3.27. The van der Waals surface area contributed by atoms with Crippen LogP contribution < -0.4 is 0 Å². The van der Waals surface area contributed by atoms with Crippen molar-refractivity contribution in [3.05, 3.63) is 0 Å². The number of Topliss-reactive ketones (excluding diaryl/α,β-unsaturated/α-hetero) is 1. The van der Waals surface area contributed by atoms with E-state index in [0.29, 0.717) is 11.7 Å². The van der Waals surface area contributed by atoms with Gasteiger partial charge < -0.3 is 0 Å². The van der Waals surface area contributed by atoms with Crippen molar-refractivity contribution < 1.29 is 4.79 Å². The van der Waals surface area contributed by atoms with E-state index < -0.39 is 0 Å². The van der Waals surface area contributed by atoms with Crippen LogP contribution in [0.2, 0.25) is 0 Å². The van der Waals surface area contributed by atoms with Gasteiger partial charge in [0.25, 0.3) is 0 Å². The molecule has 1 nitrogen and oxygen atoms in total. The Hall–Kier alpha value is -0.330. The molecule has 13 heavy (non-hydrogen) atoms. The zero-order valence-corrected chi connectivity index (χ0v) is 9.18. The Labute approximate surface area is 81.9 Å². The summed E-state index contributed by atoms with van der Waals surface area (Å²) in [5.74, 6) is 2.29. The van der Waals surface area contributed by atoms with Gasteiger partial charge in [-0.15, -0.1) is 0 Å². The lowest BCUT2D eigenvalue weighted by Crippen LogP contribution is -2.18. The highest BCUT2D eigenvalue weighted by atomic mass is 16.1. The molecule has 1 aliphatic rings. The van der Waals surface area contributed by atoms with Crippen LogP contribution in [0.5, 0.6) is 0 Å². The molecule has 0 aromatic carbocycles. The van der Waals surface area contributed by atoms with Crippen molar-refractivity contribution in [3.8, 4) is 0 Å². The molecule has 1 heteroatoms. The van der Waals surface area contributed by atoms with Crippen molar-refractivity contribution in [2.45, 2.75) is 52.9 Å². The molecule has 0 aromatic heterocycles. The zero-order valence-electron chi connectivity index (χ0n) is 9.18. The summed E-state index contributed by atoms with van der Waals surface area (Å²) in [7, 11) is 0. The largest absolute Gasteiger partial charge is 0.299 e. The second kappa shape index (κ2) is 4.78. The quantitative estimate of drug-likeness (QED) is 0.653. The lowest BCUT2D eigenvalue weighted by atomic mass is 9.80. The highest BCUT2D eigenvalue weighted by molar-refractivity contribution is 5.80. The van der Waals surface area contributed by atoms with Gasteiger partial charge in [-0.3, -0.25) is 4.79 Å². The molecule has 0 heterocycles. The highest BCUT2D eigenvalue weighted by Gasteiger charge is 2.21. The Kier molecular flexibility index (Phi) is 3.95. The maximum Gasteiger partial charge on any atom is 0.135 e. The SMILES string of the molecule is CC1CCC(CC(=O)C(C)C)CC1. The standard InChI is InChI=1S/C12H22O/c1-9(2)12(13)8-11-6-4-10(3)5-7-11/h9-11H,4-8H2,1-3H3. The number of rotatable bonds is 3. The van der Waals surface area contributed by atoms with Crippen molar-refractivity contribution in [3.63, 3.8) is 0 Å². The van der Waals surface area contributed by atoms with Crippen LogP contribution >= 0.6 is 0 Å². The third-order valence-electron chi connectivity index (χ3n) is 3.27. The van der Waals surface area contributed by atoms with Gasteiger partial charge in [0, 0.05) is 12.3 Å². The van der Waals surface area contributed by atoms with E-state index in [0.717, 1.165) is 12.3 Å². The Morgan fingerprint density at radius 1 is 1.23 bits per heavy atom. The Morgan fingerprint density at radius 2 is 1.77 bits per heavy atom. The molecule has 0 unspecified atom stereocenters. The van der Waals surface area contributed by atoms with Gasteiger partial charge in [0.2, 0.25) is 0 Å². The molecule has 0 N–H and O–H groups in total. The summed E-state index contributed by atoms with van der Waals surface area (Å²) in [6.45, 7) is 6.34. The predicted octanol–water partition coefficient (Wildman–Crippen LogP) is 3.43. The van der Waals surface area contributed by atoms with Crippen molar-refractivity contribution in [2.24, 2.45) is 17.8 Å². The van der Waals surface area contributed by atoms with Crippen molar-refractivity contribution >= 4 is 5.78 Å². The van der Waals surface area contributed by atoms with Crippen LogP contribution in [0, 0.1) is 17.8 Å². The van der Waals surface area contributed by atoms with E-state index in [1.807, 2.05) is 13.8 Å². The maximum atomic E-state index is 11.5. The van der Waals surface area contributed by atoms with Gasteiger partial charge in [0.15, 0.2) is 0 Å². The van der Waals surface area contributed by atoms with Gasteiger partial charge in [0.05, 0.1) is 0 Å². The molecule has 0 atom stereocenters. The van der Waals surface area contributed by atoms with Crippen molar-refractivity contribution in [2.75, 3.05) is 0 Å². The first-order chi connectivity index (χ1) is 6.09. The predicted molar refractivity (Wildman–Crippen MR) is 55.6 cm³/mol. The van der Waals surface area contributed by atoms with Gasteiger partial charge in [-0.25, -0.2) is 0 Å². The van der Waals surface area contributed by atoms with Crippen LogP contribution in [-0.2, 0) is 4.79 Å². The second-order valence-electron chi connectivity index (χ2n) is 4.95. The Bertz CT molecular complexity index is 164.